The zero-order valence-corrected chi connectivity index (χ0v) is 24.3. The number of nitrogens with zero attached hydrogens (tertiary/aromatic N) is 3. The van der Waals surface area contributed by atoms with E-state index in [-0.39, 0.29) is 18.6 Å². The number of esters is 2. The first kappa shape index (κ1) is 29.5. The fourth-order valence-corrected chi connectivity index (χ4v) is 6.98. The maximum atomic E-state index is 14.3. The van der Waals surface area contributed by atoms with Gasteiger partial charge in [0.1, 0.15) is 35.2 Å². The van der Waals surface area contributed by atoms with Gasteiger partial charge in [-0.2, -0.15) is 0 Å². The summed E-state index contributed by atoms with van der Waals surface area (Å²) in [6.07, 6.45) is 7.60. The Morgan fingerprint density at radius 3 is 2.08 bits per heavy atom. The summed E-state index contributed by atoms with van der Waals surface area (Å²) in [4.78, 5) is 34.6. The molecule has 2 aliphatic carbocycles. The van der Waals surface area contributed by atoms with E-state index in [2.05, 4.69) is 20.1 Å². The topological polar surface area (TPSA) is 160 Å². The SMILES string of the molecule is C[C@H](Cn1cnc2c(N)ccnc21)OCP(=O)(NC(C)(C)C(=O)OC1CCC1)NC(C)(C)C(=O)OC1CCC1. The number of nitrogen functional groups attached to an aromatic ring is 1. The van der Waals surface area contributed by atoms with Gasteiger partial charge in [-0.25, -0.2) is 20.1 Å². The molecular weight excluding hydrogens is 523 g/mol. The van der Waals surface area contributed by atoms with Crippen LogP contribution in [0.25, 0.3) is 11.2 Å². The van der Waals surface area contributed by atoms with Crippen LogP contribution in [0.3, 0.4) is 0 Å². The molecule has 0 aliphatic heterocycles. The summed E-state index contributed by atoms with van der Waals surface area (Å²) in [5.74, 6) is -1.02. The lowest BCUT2D eigenvalue weighted by atomic mass is 9.96. The zero-order chi connectivity index (χ0) is 28.4. The minimum atomic E-state index is -3.72. The van der Waals surface area contributed by atoms with Gasteiger partial charge in [0.2, 0.25) is 7.44 Å². The van der Waals surface area contributed by atoms with Crippen LogP contribution in [-0.2, 0) is 34.9 Å². The highest BCUT2D eigenvalue weighted by molar-refractivity contribution is 7.59. The number of carbonyl (C=O) groups is 2. The summed E-state index contributed by atoms with van der Waals surface area (Å²) >= 11 is 0. The van der Waals surface area contributed by atoms with Crippen molar-refractivity contribution in [3.05, 3.63) is 18.6 Å². The van der Waals surface area contributed by atoms with Crippen LogP contribution in [-0.4, -0.2) is 62.2 Å². The highest BCUT2D eigenvalue weighted by Gasteiger charge is 2.44. The summed E-state index contributed by atoms with van der Waals surface area (Å²) in [6.45, 7) is 8.64. The van der Waals surface area contributed by atoms with Crippen molar-refractivity contribution < 1.29 is 28.4 Å². The summed E-state index contributed by atoms with van der Waals surface area (Å²) in [5.41, 5.74) is 5.12. The maximum Gasteiger partial charge on any atom is 0.326 e. The number of pyridine rings is 1. The van der Waals surface area contributed by atoms with Gasteiger partial charge in [0.05, 0.1) is 24.7 Å². The van der Waals surface area contributed by atoms with E-state index in [4.69, 9.17) is 19.9 Å². The normalized spacial score (nSPS) is 17.9. The van der Waals surface area contributed by atoms with Gasteiger partial charge in [0.15, 0.2) is 5.65 Å². The third-order valence-corrected chi connectivity index (χ3v) is 9.47. The molecule has 4 N–H and O–H groups in total. The maximum absolute atomic E-state index is 14.3. The molecule has 13 heteroatoms. The van der Waals surface area contributed by atoms with Crippen molar-refractivity contribution >= 4 is 36.2 Å². The zero-order valence-electron chi connectivity index (χ0n) is 23.4. The number of hydrogen-bond donors (Lipinski definition) is 3. The molecule has 0 unspecified atom stereocenters. The highest BCUT2D eigenvalue weighted by atomic mass is 31.2. The van der Waals surface area contributed by atoms with E-state index in [0.29, 0.717) is 23.4 Å². The predicted molar refractivity (Wildman–Crippen MR) is 147 cm³/mol. The predicted octanol–water partition coefficient (Wildman–Crippen LogP) is 3.50. The van der Waals surface area contributed by atoms with E-state index in [1.165, 1.54) is 0 Å². The van der Waals surface area contributed by atoms with Crippen molar-refractivity contribution in [2.24, 2.45) is 0 Å². The second-order valence-corrected chi connectivity index (χ2v) is 13.9. The Morgan fingerprint density at radius 2 is 1.59 bits per heavy atom. The molecule has 2 aromatic rings. The number of imidazole rings is 1. The summed E-state index contributed by atoms with van der Waals surface area (Å²) in [6, 6.07) is 1.68. The first-order valence-electron chi connectivity index (χ1n) is 13.5. The average molecular weight is 565 g/mol. The van der Waals surface area contributed by atoms with Gasteiger partial charge in [0, 0.05) is 6.20 Å². The van der Waals surface area contributed by atoms with Gasteiger partial charge in [-0.3, -0.25) is 14.2 Å². The van der Waals surface area contributed by atoms with Crippen molar-refractivity contribution in [1.29, 1.82) is 0 Å². The largest absolute Gasteiger partial charge is 0.461 e. The molecule has 2 aliphatic rings. The number of anilines is 1. The molecule has 216 valence electrons. The Balaban J connectivity index is 1.47. The Kier molecular flexibility index (Phi) is 8.70. The second-order valence-electron chi connectivity index (χ2n) is 11.7. The number of nitrogens with one attached hydrogen (secondary N) is 2. The Bertz CT molecular complexity index is 1190. The van der Waals surface area contributed by atoms with Crippen molar-refractivity contribution in [2.75, 3.05) is 12.1 Å². The molecule has 2 aromatic heterocycles. The van der Waals surface area contributed by atoms with Crippen LogP contribution in [0.5, 0.6) is 0 Å². The van der Waals surface area contributed by atoms with Crippen molar-refractivity contribution in [3.8, 4) is 0 Å². The molecule has 4 rings (SSSR count). The first-order chi connectivity index (χ1) is 18.3. The van der Waals surface area contributed by atoms with E-state index >= 15 is 0 Å². The minimum Gasteiger partial charge on any atom is -0.461 e. The van der Waals surface area contributed by atoms with E-state index in [0.717, 1.165) is 38.5 Å². The molecule has 2 heterocycles. The molecule has 0 bridgehead atoms. The monoisotopic (exact) mass is 564 g/mol. The highest BCUT2D eigenvalue weighted by Crippen LogP contribution is 2.43. The number of aromatic nitrogens is 3. The number of nitrogens with two attached hydrogens (primary N) is 1. The summed E-state index contributed by atoms with van der Waals surface area (Å²) in [5, 5.41) is 5.91. The molecule has 1 atom stereocenters. The number of carbonyl (C=O) groups excluding carboxylic acids is 2. The summed E-state index contributed by atoms with van der Waals surface area (Å²) in [7, 11) is -3.72. The Labute approximate surface area is 229 Å². The Hall–Kier alpha value is -2.53. The van der Waals surface area contributed by atoms with E-state index in [9.17, 15) is 14.2 Å². The van der Waals surface area contributed by atoms with Crippen LogP contribution >= 0.6 is 7.44 Å². The molecule has 0 amide bonds. The molecule has 0 aromatic carbocycles. The fraction of sp³-hybridized carbons (Fsp3) is 0.692. The third-order valence-electron chi connectivity index (χ3n) is 7.12. The molecule has 2 saturated carbocycles. The van der Waals surface area contributed by atoms with Gasteiger partial charge in [-0.15, -0.1) is 0 Å². The van der Waals surface area contributed by atoms with Crippen LogP contribution in [0.1, 0.15) is 73.1 Å². The standard InChI is InChI=1S/C26H41N6O6P/c1-17(14-32-15-29-21-20(27)12-13-28-22(21)32)36-16-39(35,30-25(2,3)23(33)37-18-8-6-9-18)31-26(4,5)24(34)38-19-10-7-11-19/h12-13,15,17-19H,6-11,14,16H2,1-5H3,(H2,27,28)(H2,30,31,35)/t17-/m1/s1. The van der Waals surface area contributed by atoms with Gasteiger partial charge in [-0.05, 0) is 79.2 Å². The number of hydrogen-bond acceptors (Lipinski definition) is 9. The molecule has 39 heavy (non-hydrogen) atoms. The molecule has 0 radical (unpaired) electrons. The van der Waals surface area contributed by atoms with E-state index < -0.39 is 36.6 Å². The van der Waals surface area contributed by atoms with Crippen molar-refractivity contribution in [1.82, 2.24) is 24.7 Å². The lowest BCUT2D eigenvalue weighted by Crippen LogP contribution is -2.55. The number of fused-ring (bicyclic) bond motifs is 1. The quantitative estimate of drug-likeness (QED) is 0.241. The minimum absolute atomic E-state index is 0.122. The van der Waals surface area contributed by atoms with E-state index in [1.807, 2.05) is 11.5 Å². The number of ether oxygens (including phenoxy) is 3. The molecular formula is C26H41N6O6P. The fourth-order valence-electron chi connectivity index (χ4n) is 4.34. The molecule has 0 saturated heterocycles. The first-order valence-corrected chi connectivity index (χ1v) is 15.4. The lowest BCUT2D eigenvalue weighted by molar-refractivity contribution is -0.159. The molecule has 12 nitrogen and oxygen atoms in total. The van der Waals surface area contributed by atoms with Crippen LogP contribution in [0.4, 0.5) is 5.69 Å². The van der Waals surface area contributed by atoms with Gasteiger partial charge in [0.25, 0.3) is 0 Å². The smallest absolute Gasteiger partial charge is 0.326 e. The molecule has 0 spiro atoms. The van der Waals surface area contributed by atoms with Gasteiger partial charge < -0.3 is 24.5 Å². The third kappa shape index (κ3) is 7.16. The van der Waals surface area contributed by atoms with Crippen LogP contribution < -0.4 is 15.9 Å². The summed E-state index contributed by atoms with van der Waals surface area (Å²) < 4.78 is 33.4. The van der Waals surface area contributed by atoms with Crippen molar-refractivity contribution in [2.45, 2.75) is 109 Å². The Morgan fingerprint density at radius 1 is 1.05 bits per heavy atom. The number of rotatable bonds is 13. The van der Waals surface area contributed by atoms with Crippen LogP contribution in [0, 0.1) is 0 Å². The van der Waals surface area contributed by atoms with Gasteiger partial charge >= 0.3 is 11.9 Å². The lowest BCUT2D eigenvalue weighted by Gasteiger charge is -2.37. The average Bonchev–Trinajstić information content (AvgIpc) is 3.20. The van der Waals surface area contributed by atoms with E-state index in [1.54, 1.807) is 46.3 Å². The second kappa shape index (κ2) is 11.5. The molecule has 2 fully saturated rings. The van der Waals surface area contributed by atoms with Crippen LogP contribution in [0.2, 0.25) is 0 Å². The van der Waals surface area contributed by atoms with Gasteiger partial charge in [-0.1, -0.05) is 0 Å². The van der Waals surface area contributed by atoms with Crippen LogP contribution in [0.15, 0.2) is 18.6 Å². The van der Waals surface area contributed by atoms with Crippen molar-refractivity contribution in [3.63, 3.8) is 0 Å².